The molecule has 0 spiro atoms. The van der Waals surface area contributed by atoms with Gasteiger partial charge in [-0.2, -0.15) is 5.10 Å². The summed E-state index contributed by atoms with van der Waals surface area (Å²) in [4.78, 5) is 23.2. The molecular weight excluding hydrogens is 367 g/mol. The average Bonchev–Trinajstić information content (AvgIpc) is 2.97. The molecular formula is C17H18F3N3O4. The predicted molar refractivity (Wildman–Crippen MR) is 87.8 cm³/mol. The van der Waals surface area contributed by atoms with Crippen LogP contribution in [0.4, 0.5) is 13.2 Å². The molecule has 1 unspecified atom stereocenters. The van der Waals surface area contributed by atoms with Crippen LogP contribution in [0.1, 0.15) is 30.0 Å². The molecule has 0 saturated carbocycles. The number of halogens is 3. The maximum atomic E-state index is 12.2. The lowest BCUT2D eigenvalue weighted by Gasteiger charge is -2.18. The summed E-state index contributed by atoms with van der Waals surface area (Å²) in [7, 11) is 1.75. The van der Waals surface area contributed by atoms with Gasteiger partial charge in [0.15, 0.2) is 0 Å². The van der Waals surface area contributed by atoms with Crippen LogP contribution >= 0.6 is 0 Å². The zero-order valence-corrected chi connectivity index (χ0v) is 14.4. The minimum Gasteiger partial charge on any atom is -0.481 e. The number of nitrogens with one attached hydrogen (secondary N) is 1. The van der Waals surface area contributed by atoms with Crippen LogP contribution in [0.25, 0.3) is 0 Å². The van der Waals surface area contributed by atoms with Crippen LogP contribution in [-0.4, -0.2) is 33.1 Å². The third-order valence-corrected chi connectivity index (χ3v) is 3.63. The second-order valence-corrected chi connectivity index (χ2v) is 5.86. The van der Waals surface area contributed by atoms with E-state index in [1.165, 1.54) is 12.1 Å². The smallest absolute Gasteiger partial charge is 0.481 e. The first-order valence-electron chi connectivity index (χ1n) is 7.97. The van der Waals surface area contributed by atoms with Gasteiger partial charge in [-0.25, -0.2) is 0 Å². The molecule has 2 rings (SSSR count). The summed E-state index contributed by atoms with van der Waals surface area (Å²) in [5.74, 6) is -1.95. The highest BCUT2D eigenvalue weighted by Gasteiger charge is 2.31. The zero-order chi connectivity index (χ0) is 20.0. The minimum atomic E-state index is -4.82. The molecule has 2 aromatic rings. The number of aromatic nitrogens is 2. The standard InChI is InChI=1S/C17H18F3N3O4/c1-23-10-11(9-21-23)2-7-15(24)22-14(8-16(25)26)12-3-5-13(6-4-12)27-17(18,19)20/h3-6,9-10,14H,2,7-8H2,1H3,(H,22,24)(H,25,26). The molecule has 1 aromatic heterocycles. The Morgan fingerprint density at radius 3 is 2.48 bits per heavy atom. The van der Waals surface area contributed by atoms with Crippen molar-refractivity contribution in [1.29, 1.82) is 0 Å². The Morgan fingerprint density at radius 2 is 1.96 bits per heavy atom. The number of benzene rings is 1. The predicted octanol–water partition coefficient (Wildman–Crippen LogP) is 2.58. The number of rotatable bonds is 8. The van der Waals surface area contributed by atoms with Gasteiger partial charge in [-0.15, -0.1) is 13.2 Å². The number of ether oxygens (including phenoxy) is 1. The Labute approximate surface area is 152 Å². The van der Waals surface area contributed by atoms with E-state index in [2.05, 4.69) is 15.2 Å². The molecule has 0 aliphatic heterocycles. The molecule has 0 saturated heterocycles. The highest BCUT2D eigenvalue weighted by Crippen LogP contribution is 2.25. The van der Waals surface area contributed by atoms with Crippen LogP contribution in [0.3, 0.4) is 0 Å². The van der Waals surface area contributed by atoms with Crippen LogP contribution in [0.15, 0.2) is 36.7 Å². The molecule has 7 nitrogen and oxygen atoms in total. The van der Waals surface area contributed by atoms with Gasteiger partial charge in [-0.1, -0.05) is 12.1 Å². The van der Waals surface area contributed by atoms with Gasteiger partial charge in [0.2, 0.25) is 5.91 Å². The minimum absolute atomic E-state index is 0.122. The number of carboxylic acid groups (broad SMARTS) is 1. The molecule has 0 aliphatic rings. The summed E-state index contributed by atoms with van der Waals surface area (Å²) in [6, 6.07) is 3.84. The molecule has 1 heterocycles. The van der Waals surface area contributed by atoms with Gasteiger partial charge in [0.05, 0.1) is 18.7 Å². The fraction of sp³-hybridized carbons (Fsp3) is 0.353. The normalized spacial score (nSPS) is 12.4. The third-order valence-electron chi connectivity index (χ3n) is 3.63. The van der Waals surface area contributed by atoms with Crippen LogP contribution in [-0.2, 0) is 23.1 Å². The molecule has 0 fully saturated rings. The molecule has 10 heteroatoms. The zero-order valence-electron chi connectivity index (χ0n) is 14.4. The number of alkyl halides is 3. The molecule has 27 heavy (non-hydrogen) atoms. The lowest BCUT2D eigenvalue weighted by Crippen LogP contribution is -2.30. The first-order valence-corrected chi connectivity index (χ1v) is 7.97. The number of carbonyl (C=O) groups excluding carboxylic acids is 1. The van der Waals surface area contributed by atoms with E-state index >= 15 is 0 Å². The van der Waals surface area contributed by atoms with E-state index in [1.807, 2.05) is 0 Å². The van der Waals surface area contributed by atoms with E-state index in [-0.39, 0.29) is 12.3 Å². The number of hydrogen-bond acceptors (Lipinski definition) is 4. The fourth-order valence-electron chi connectivity index (χ4n) is 2.45. The number of carboxylic acids is 1. The van der Waals surface area contributed by atoms with Gasteiger partial charge < -0.3 is 15.2 Å². The molecule has 146 valence electrons. The maximum absolute atomic E-state index is 12.2. The third kappa shape index (κ3) is 7.00. The van der Waals surface area contributed by atoms with Gasteiger partial charge in [-0.3, -0.25) is 14.3 Å². The first-order chi connectivity index (χ1) is 12.6. The summed E-state index contributed by atoms with van der Waals surface area (Å²) < 4.78 is 42.0. The van der Waals surface area contributed by atoms with Crippen LogP contribution < -0.4 is 10.1 Å². The number of aryl methyl sites for hydroxylation is 2. The molecule has 1 amide bonds. The Bertz CT molecular complexity index is 787. The summed E-state index contributed by atoms with van der Waals surface area (Å²) in [6.07, 6.45) is -1.28. The molecule has 0 radical (unpaired) electrons. The van der Waals surface area contributed by atoms with E-state index in [0.29, 0.717) is 12.0 Å². The fourth-order valence-corrected chi connectivity index (χ4v) is 2.45. The van der Waals surface area contributed by atoms with E-state index in [0.717, 1.165) is 17.7 Å². The topological polar surface area (TPSA) is 93.5 Å². The van der Waals surface area contributed by atoms with Crippen molar-refractivity contribution in [3.8, 4) is 5.75 Å². The Morgan fingerprint density at radius 1 is 1.30 bits per heavy atom. The number of carbonyl (C=O) groups is 2. The SMILES string of the molecule is Cn1cc(CCC(=O)NC(CC(=O)O)c2ccc(OC(F)(F)F)cc2)cn1. The van der Waals surface area contributed by atoms with Crippen molar-refractivity contribution >= 4 is 11.9 Å². The van der Waals surface area contributed by atoms with Crippen LogP contribution in [0.5, 0.6) is 5.75 Å². The molecule has 1 atom stereocenters. The lowest BCUT2D eigenvalue weighted by atomic mass is 10.0. The van der Waals surface area contributed by atoms with Gasteiger partial charge in [0, 0.05) is 19.7 Å². The van der Waals surface area contributed by atoms with Crippen molar-refractivity contribution in [2.75, 3.05) is 0 Å². The quantitative estimate of drug-likeness (QED) is 0.729. The first kappa shape index (κ1) is 20.3. The molecule has 2 N–H and O–H groups in total. The van der Waals surface area contributed by atoms with Gasteiger partial charge in [-0.05, 0) is 29.7 Å². The number of hydrogen-bond donors (Lipinski definition) is 2. The number of aliphatic carboxylic acids is 1. The van der Waals surface area contributed by atoms with Crippen molar-refractivity contribution in [1.82, 2.24) is 15.1 Å². The van der Waals surface area contributed by atoms with Crippen molar-refractivity contribution in [3.05, 3.63) is 47.8 Å². The Balaban J connectivity index is 2.01. The highest BCUT2D eigenvalue weighted by atomic mass is 19.4. The molecule has 0 aliphatic carbocycles. The van der Waals surface area contributed by atoms with Gasteiger partial charge >= 0.3 is 12.3 Å². The molecule has 0 bridgehead atoms. The van der Waals surface area contributed by atoms with Gasteiger partial charge in [0.1, 0.15) is 5.75 Å². The number of nitrogens with zero attached hydrogens (tertiary/aromatic N) is 2. The van der Waals surface area contributed by atoms with Crippen LogP contribution in [0.2, 0.25) is 0 Å². The molecule has 1 aromatic carbocycles. The number of amides is 1. The van der Waals surface area contributed by atoms with Crippen LogP contribution in [0, 0.1) is 0 Å². The summed E-state index contributed by atoms with van der Waals surface area (Å²) in [5.41, 5.74) is 1.22. The van der Waals surface area contributed by atoms with Crippen molar-refractivity contribution in [3.63, 3.8) is 0 Å². The van der Waals surface area contributed by atoms with Crippen molar-refractivity contribution < 1.29 is 32.6 Å². The summed E-state index contributed by atoms with van der Waals surface area (Å²) in [6.45, 7) is 0. The maximum Gasteiger partial charge on any atom is 0.573 e. The van der Waals surface area contributed by atoms with E-state index in [1.54, 1.807) is 24.1 Å². The largest absolute Gasteiger partial charge is 0.573 e. The lowest BCUT2D eigenvalue weighted by molar-refractivity contribution is -0.274. The highest BCUT2D eigenvalue weighted by molar-refractivity contribution is 5.78. The average molecular weight is 385 g/mol. The second-order valence-electron chi connectivity index (χ2n) is 5.86. The second kappa shape index (κ2) is 8.56. The van der Waals surface area contributed by atoms with Gasteiger partial charge in [0.25, 0.3) is 0 Å². The van der Waals surface area contributed by atoms with E-state index < -0.39 is 30.5 Å². The summed E-state index contributed by atoms with van der Waals surface area (Å²) >= 11 is 0. The van der Waals surface area contributed by atoms with Crippen molar-refractivity contribution in [2.24, 2.45) is 7.05 Å². The van der Waals surface area contributed by atoms with E-state index in [9.17, 15) is 22.8 Å². The Hall–Kier alpha value is -3.04. The monoisotopic (exact) mass is 385 g/mol. The summed E-state index contributed by atoms with van der Waals surface area (Å²) in [5, 5.41) is 15.6. The van der Waals surface area contributed by atoms with Crippen molar-refractivity contribution in [2.45, 2.75) is 31.7 Å². The Kier molecular flexibility index (Phi) is 6.43. The van der Waals surface area contributed by atoms with E-state index in [4.69, 9.17) is 5.11 Å².